The highest BCUT2D eigenvalue weighted by Crippen LogP contribution is 2.23. The van der Waals surface area contributed by atoms with Gasteiger partial charge >= 0.3 is 5.97 Å². The molecular weight excluding hydrogens is 222 g/mol. The number of amides is 1. The fraction of sp³-hybridized carbons (Fsp3) is 0.167. The number of ether oxygens (including phenoxy) is 1. The van der Waals surface area contributed by atoms with Crippen molar-refractivity contribution in [3.05, 3.63) is 23.8 Å². The zero-order valence-corrected chi connectivity index (χ0v) is 9.40. The van der Waals surface area contributed by atoms with E-state index in [1.165, 1.54) is 25.3 Å². The summed E-state index contributed by atoms with van der Waals surface area (Å²) in [5, 5.41) is 11.4. The Morgan fingerprint density at radius 3 is 2.65 bits per heavy atom. The first-order chi connectivity index (χ1) is 8.08. The van der Waals surface area contributed by atoms with Crippen molar-refractivity contribution in [2.75, 3.05) is 12.4 Å². The first-order valence-corrected chi connectivity index (χ1v) is 4.73. The van der Waals surface area contributed by atoms with Crippen LogP contribution < -0.4 is 10.1 Å². The Labute approximate surface area is 98.4 Å². The Morgan fingerprint density at radius 2 is 2.12 bits per heavy atom. The number of nitrogens with one attached hydrogen (secondary N) is 1. The van der Waals surface area contributed by atoms with Gasteiger partial charge in [-0.15, -0.1) is 0 Å². The maximum atomic E-state index is 11.2. The topological polar surface area (TPSA) is 75.6 Å². The van der Waals surface area contributed by atoms with Crippen LogP contribution in [0.4, 0.5) is 5.69 Å². The summed E-state index contributed by atoms with van der Waals surface area (Å²) in [6, 6.07) is 4.26. The molecule has 0 aliphatic heterocycles. The Balaban J connectivity index is 3.00. The molecule has 17 heavy (non-hydrogen) atoms. The molecule has 0 saturated carbocycles. The van der Waals surface area contributed by atoms with Crippen molar-refractivity contribution >= 4 is 17.6 Å². The van der Waals surface area contributed by atoms with Crippen LogP contribution in [0.15, 0.2) is 18.2 Å². The Hall–Kier alpha value is -2.48. The van der Waals surface area contributed by atoms with Crippen molar-refractivity contribution in [1.29, 1.82) is 0 Å². The van der Waals surface area contributed by atoms with Gasteiger partial charge in [-0.25, -0.2) is 4.79 Å². The molecule has 0 fully saturated rings. The SMILES string of the molecule is CC#CC(=O)Nc1ccc(C(=O)O)c(OC)c1. The van der Waals surface area contributed by atoms with E-state index in [1.54, 1.807) is 6.92 Å². The summed E-state index contributed by atoms with van der Waals surface area (Å²) < 4.78 is 4.92. The van der Waals surface area contributed by atoms with Gasteiger partial charge in [-0.05, 0) is 25.0 Å². The molecule has 0 spiro atoms. The van der Waals surface area contributed by atoms with Crippen molar-refractivity contribution in [2.24, 2.45) is 0 Å². The molecule has 0 aromatic heterocycles. The van der Waals surface area contributed by atoms with Gasteiger partial charge in [-0.3, -0.25) is 4.79 Å². The number of carboxylic acid groups (broad SMARTS) is 1. The fourth-order valence-electron chi connectivity index (χ4n) is 1.22. The number of hydrogen-bond acceptors (Lipinski definition) is 3. The molecule has 1 aromatic carbocycles. The number of hydrogen-bond donors (Lipinski definition) is 2. The van der Waals surface area contributed by atoms with E-state index in [1.807, 2.05) is 0 Å². The minimum Gasteiger partial charge on any atom is -0.496 e. The van der Waals surface area contributed by atoms with E-state index in [4.69, 9.17) is 9.84 Å². The highest BCUT2D eigenvalue weighted by molar-refractivity contribution is 6.04. The van der Waals surface area contributed by atoms with Crippen molar-refractivity contribution in [3.8, 4) is 17.6 Å². The van der Waals surface area contributed by atoms with Gasteiger partial charge in [0, 0.05) is 11.8 Å². The van der Waals surface area contributed by atoms with Gasteiger partial charge in [-0.2, -0.15) is 0 Å². The number of aromatic carboxylic acids is 1. The maximum absolute atomic E-state index is 11.2. The molecule has 2 N–H and O–H groups in total. The average molecular weight is 233 g/mol. The zero-order valence-electron chi connectivity index (χ0n) is 9.40. The Morgan fingerprint density at radius 1 is 1.41 bits per heavy atom. The zero-order chi connectivity index (χ0) is 12.8. The molecule has 0 saturated heterocycles. The molecule has 0 aliphatic carbocycles. The summed E-state index contributed by atoms with van der Waals surface area (Å²) in [5.41, 5.74) is 0.465. The predicted octanol–water partition coefficient (Wildman–Crippen LogP) is 1.36. The molecule has 0 heterocycles. The highest BCUT2D eigenvalue weighted by atomic mass is 16.5. The molecule has 1 aromatic rings. The van der Waals surface area contributed by atoms with Gasteiger partial charge < -0.3 is 15.2 Å². The largest absolute Gasteiger partial charge is 0.496 e. The molecule has 0 bridgehead atoms. The predicted molar refractivity (Wildman–Crippen MR) is 62.0 cm³/mol. The van der Waals surface area contributed by atoms with Crippen molar-refractivity contribution in [3.63, 3.8) is 0 Å². The number of anilines is 1. The maximum Gasteiger partial charge on any atom is 0.339 e. The minimum absolute atomic E-state index is 0.0343. The number of carbonyl (C=O) groups is 2. The molecule has 0 unspecified atom stereocenters. The monoisotopic (exact) mass is 233 g/mol. The van der Waals surface area contributed by atoms with Crippen LogP contribution in [0.25, 0.3) is 0 Å². The van der Waals surface area contributed by atoms with Gasteiger partial charge in [-0.1, -0.05) is 5.92 Å². The number of carboxylic acids is 1. The van der Waals surface area contributed by atoms with E-state index in [0.717, 1.165) is 0 Å². The van der Waals surface area contributed by atoms with E-state index >= 15 is 0 Å². The van der Waals surface area contributed by atoms with Crippen molar-refractivity contribution < 1.29 is 19.4 Å². The van der Waals surface area contributed by atoms with E-state index in [2.05, 4.69) is 17.2 Å². The number of rotatable bonds is 3. The number of benzene rings is 1. The van der Waals surface area contributed by atoms with Crippen LogP contribution in [0, 0.1) is 11.8 Å². The number of methoxy groups -OCH3 is 1. The average Bonchev–Trinajstić information content (AvgIpc) is 2.28. The molecule has 5 heteroatoms. The van der Waals surface area contributed by atoms with Crippen LogP contribution in [-0.2, 0) is 4.79 Å². The summed E-state index contributed by atoms with van der Waals surface area (Å²) in [7, 11) is 1.36. The standard InChI is InChI=1S/C12H11NO4/c1-3-4-11(14)13-8-5-6-9(12(15)16)10(7-8)17-2/h5-7H,1-2H3,(H,13,14)(H,15,16). The lowest BCUT2D eigenvalue weighted by Gasteiger charge is -2.07. The third kappa shape index (κ3) is 3.24. The quantitative estimate of drug-likeness (QED) is 0.773. The summed E-state index contributed by atoms with van der Waals surface area (Å²) in [6.45, 7) is 1.55. The third-order valence-electron chi connectivity index (χ3n) is 1.93. The first kappa shape index (κ1) is 12.6. The van der Waals surface area contributed by atoms with Crippen LogP contribution in [-0.4, -0.2) is 24.1 Å². The lowest BCUT2D eigenvalue weighted by Crippen LogP contribution is -2.09. The third-order valence-corrected chi connectivity index (χ3v) is 1.93. The molecule has 0 aliphatic rings. The minimum atomic E-state index is -1.09. The molecular formula is C12H11NO4. The van der Waals surface area contributed by atoms with Gasteiger partial charge in [0.2, 0.25) is 0 Å². The van der Waals surface area contributed by atoms with E-state index in [9.17, 15) is 9.59 Å². The smallest absolute Gasteiger partial charge is 0.339 e. The first-order valence-electron chi connectivity index (χ1n) is 4.73. The lowest BCUT2D eigenvalue weighted by molar-refractivity contribution is -0.111. The van der Waals surface area contributed by atoms with Gasteiger partial charge in [0.25, 0.3) is 5.91 Å². The van der Waals surface area contributed by atoms with E-state index < -0.39 is 11.9 Å². The second-order valence-corrected chi connectivity index (χ2v) is 3.05. The van der Waals surface area contributed by atoms with E-state index in [-0.39, 0.29) is 11.3 Å². The normalized spacial score (nSPS) is 8.82. The number of carbonyl (C=O) groups excluding carboxylic acids is 1. The van der Waals surface area contributed by atoms with Gasteiger partial charge in [0.15, 0.2) is 0 Å². The molecule has 88 valence electrons. The summed E-state index contributed by atoms with van der Waals surface area (Å²) >= 11 is 0. The second-order valence-electron chi connectivity index (χ2n) is 3.05. The molecule has 5 nitrogen and oxygen atoms in total. The Kier molecular flexibility index (Phi) is 4.12. The molecule has 0 radical (unpaired) electrons. The molecule has 1 rings (SSSR count). The summed E-state index contributed by atoms with van der Waals surface area (Å²) in [6.07, 6.45) is 0. The summed E-state index contributed by atoms with van der Waals surface area (Å²) in [5.74, 6) is 3.40. The van der Waals surface area contributed by atoms with Gasteiger partial charge in [0.1, 0.15) is 11.3 Å². The van der Waals surface area contributed by atoms with Crippen LogP contribution in [0.2, 0.25) is 0 Å². The van der Waals surface area contributed by atoms with Crippen LogP contribution in [0.1, 0.15) is 17.3 Å². The van der Waals surface area contributed by atoms with Gasteiger partial charge in [0.05, 0.1) is 7.11 Å². The molecule has 1 amide bonds. The fourth-order valence-corrected chi connectivity index (χ4v) is 1.22. The van der Waals surface area contributed by atoms with E-state index in [0.29, 0.717) is 5.69 Å². The summed E-state index contributed by atoms with van der Waals surface area (Å²) in [4.78, 5) is 22.0. The van der Waals surface area contributed by atoms with Crippen LogP contribution in [0.5, 0.6) is 5.75 Å². The molecule has 0 atom stereocenters. The lowest BCUT2D eigenvalue weighted by atomic mass is 10.2. The van der Waals surface area contributed by atoms with Crippen LogP contribution in [0.3, 0.4) is 0 Å². The Bertz CT molecular complexity index is 511. The van der Waals surface area contributed by atoms with Crippen molar-refractivity contribution in [2.45, 2.75) is 6.92 Å². The highest BCUT2D eigenvalue weighted by Gasteiger charge is 2.11. The van der Waals surface area contributed by atoms with Crippen LogP contribution >= 0.6 is 0 Å². The van der Waals surface area contributed by atoms with Crippen molar-refractivity contribution in [1.82, 2.24) is 0 Å². The second kappa shape index (κ2) is 5.56.